The van der Waals surface area contributed by atoms with Gasteiger partial charge in [0.25, 0.3) is 6.71 Å². The molecule has 2 nitrogen and oxygen atoms in total. The summed E-state index contributed by atoms with van der Waals surface area (Å²) in [6.07, 6.45) is 0. The van der Waals surface area contributed by atoms with Crippen molar-refractivity contribution in [1.29, 1.82) is 0 Å². The highest BCUT2D eigenvalue weighted by Gasteiger charge is 2.40. The van der Waals surface area contributed by atoms with Crippen LogP contribution in [-0.4, -0.2) is 11.3 Å². The topological polar surface area (TPSA) is 14.2 Å². The van der Waals surface area contributed by atoms with Crippen LogP contribution in [0.1, 0.15) is 0 Å². The predicted molar refractivity (Wildman–Crippen MR) is 239 cm³/mol. The van der Waals surface area contributed by atoms with E-state index in [-0.39, 0.29) is 6.71 Å². The van der Waals surface area contributed by atoms with Crippen LogP contribution >= 0.6 is 0 Å². The smallest absolute Gasteiger partial charge is 0.256 e. The predicted octanol–water partition coefficient (Wildman–Crippen LogP) is 12.1. The van der Waals surface area contributed by atoms with Gasteiger partial charge in [0.2, 0.25) is 0 Å². The van der Waals surface area contributed by atoms with Gasteiger partial charge in [-0.05, 0) is 108 Å². The van der Waals surface area contributed by atoms with Crippen molar-refractivity contribution in [3.05, 3.63) is 206 Å². The SMILES string of the molecule is c1ccc(-c2ccc3c(c2)Oc2cccc4c2B3c2cc(-c3ccccc3-c3ccccc3)cc3c5cc(-c6ccccc6-c6ccccc6)ccc5n-4c23)cc1. The fourth-order valence-electron chi connectivity index (χ4n) is 9.56. The maximum absolute atomic E-state index is 6.90. The molecule has 0 fully saturated rings. The van der Waals surface area contributed by atoms with E-state index in [0.717, 1.165) is 17.1 Å². The molecule has 0 saturated heterocycles. The van der Waals surface area contributed by atoms with Gasteiger partial charge in [-0.15, -0.1) is 0 Å². The first kappa shape index (κ1) is 31.9. The van der Waals surface area contributed by atoms with Crippen molar-refractivity contribution in [2.24, 2.45) is 0 Å². The lowest BCUT2D eigenvalue weighted by atomic mass is 9.34. The molecular formula is C54H34BNO. The van der Waals surface area contributed by atoms with Crippen LogP contribution in [0, 0.1) is 0 Å². The van der Waals surface area contributed by atoms with Crippen LogP contribution in [0.2, 0.25) is 0 Å². The molecule has 264 valence electrons. The molecule has 1 aromatic heterocycles. The second-order valence-corrected chi connectivity index (χ2v) is 15.2. The molecule has 0 N–H and O–H groups in total. The number of fused-ring (bicyclic) bond motifs is 7. The largest absolute Gasteiger partial charge is 0.458 e. The Bertz CT molecular complexity index is 3200. The second kappa shape index (κ2) is 12.6. The number of aromatic nitrogens is 1. The third-order valence-corrected chi connectivity index (χ3v) is 12.1. The van der Waals surface area contributed by atoms with Crippen molar-refractivity contribution in [2.45, 2.75) is 0 Å². The molecule has 0 saturated carbocycles. The van der Waals surface area contributed by atoms with Crippen molar-refractivity contribution >= 4 is 44.9 Å². The molecule has 3 heteroatoms. The van der Waals surface area contributed by atoms with E-state index in [0.29, 0.717) is 0 Å². The summed E-state index contributed by atoms with van der Waals surface area (Å²) in [5.74, 6) is 1.83. The average Bonchev–Trinajstić information content (AvgIpc) is 3.62. The molecule has 0 aliphatic carbocycles. The summed E-state index contributed by atoms with van der Waals surface area (Å²) in [7, 11) is 0. The summed E-state index contributed by atoms with van der Waals surface area (Å²) in [6, 6.07) is 75.0. The minimum absolute atomic E-state index is 0.00815. The number of nitrogens with zero attached hydrogens (tertiary/aromatic N) is 1. The van der Waals surface area contributed by atoms with Gasteiger partial charge in [-0.3, -0.25) is 0 Å². The first-order valence-electron chi connectivity index (χ1n) is 19.7. The van der Waals surface area contributed by atoms with Crippen LogP contribution in [0.5, 0.6) is 11.5 Å². The minimum atomic E-state index is -0.00815. The summed E-state index contributed by atoms with van der Waals surface area (Å²) >= 11 is 0. The first-order chi connectivity index (χ1) is 28.3. The maximum Gasteiger partial charge on any atom is 0.256 e. The normalized spacial score (nSPS) is 12.3. The number of ether oxygens (including phenoxy) is 1. The van der Waals surface area contributed by atoms with Gasteiger partial charge >= 0.3 is 0 Å². The standard InChI is InChI=1S/C54H34BNO/c1-4-15-35(16-5-1)38-27-29-47-52(34-38)57-51-26-14-25-50-53(51)55(47)48-33-40(44-24-13-11-22-42(44)37-19-8-3-9-20-37)32-46-45-31-39(28-30-49(45)56(50)54(46)48)43-23-12-10-21-41(43)36-17-6-2-7-18-36/h1-34H. The molecule has 0 unspecified atom stereocenters. The third-order valence-electron chi connectivity index (χ3n) is 12.1. The lowest BCUT2D eigenvalue weighted by molar-refractivity contribution is 0.487. The van der Waals surface area contributed by atoms with Gasteiger partial charge in [0.1, 0.15) is 11.5 Å². The van der Waals surface area contributed by atoms with Gasteiger partial charge in [0.05, 0.1) is 5.52 Å². The Balaban J connectivity index is 1.16. The highest BCUT2D eigenvalue weighted by Crippen LogP contribution is 2.43. The lowest BCUT2D eigenvalue weighted by Gasteiger charge is -2.33. The molecule has 0 amide bonds. The average molecular weight is 724 g/mol. The Kier molecular flexibility index (Phi) is 7.06. The van der Waals surface area contributed by atoms with E-state index in [1.54, 1.807) is 0 Å². The number of hydrogen-bond acceptors (Lipinski definition) is 1. The van der Waals surface area contributed by atoms with Gasteiger partial charge in [0, 0.05) is 22.0 Å². The molecule has 12 rings (SSSR count). The van der Waals surface area contributed by atoms with Gasteiger partial charge in [0.15, 0.2) is 0 Å². The van der Waals surface area contributed by atoms with Crippen LogP contribution in [0.3, 0.4) is 0 Å². The van der Waals surface area contributed by atoms with E-state index in [9.17, 15) is 0 Å². The van der Waals surface area contributed by atoms with E-state index in [1.165, 1.54) is 94.0 Å². The summed E-state index contributed by atoms with van der Waals surface area (Å²) in [6.45, 7) is -0.00815. The summed E-state index contributed by atoms with van der Waals surface area (Å²) < 4.78 is 9.40. The van der Waals surface area contributed by atoms with Crippen LogP contribution < -0.4 is 21.1 Å². The monoisotopic (exact) mass is 723 g/mol. The molecule has 0 radical (unpaired) electrons. The zero-order valence-corrected chi connectivity index (χ0v) is 31.1. The number of hydrogen-bond donors (Lipinski definition) is 0. The van der Waals surface area contributed by atoms with Crippen LogP contribution in [0.25, 0.3) is 83.1 Å². The highest BCUT2D eigenvalue weighted by atomic mass is 16.5. The van der Waals surface area contributed by atoms with E-state index in [1.807, 2.05) is 0 Å². The molecule has 0 atom stereocenters. The fourth-order valence-corrected chi connectivity index (χ4v) is 9.56. The Morgan fingerprint density at radius 1 is 0.351 bits per heavy atom. The van der Waals surface area contributed by atoms with Crippen LogP contribution in [0.4, 0.5) is 0 Å². The third kappa shape index (κ3) is 4.92. The Morgan fingerprint density at radius 2 is 0.912 bits per heavy atom. The maximum atomic E-state index is 6.90. The lowest BCUT2D eigenvalue weighted by Crippen LogP contribution is -2.58. The van der Waals surface area contributed by atoms with Crippen molar-refractivity contribution < 1.29 is 4.74 Å². The molecule has 57 heavy (non-hydrogen) atoms. The van der Waals surface area contributed by atoms with Crippen molar-refractivity contribution in [3.63, 3.8) is 0 Å². The molecule has 0 bridgehead atoms. The molecule has 10 aromatic rings. The molecule has 0 spiro atoms. The summed E-state index contributed by atoms with van der Waals surface area (Å²) in [5.41, 5.74) is 19.4. The van der Waals surface area contributed by atoms with E-state index in [4.69, 9.17) is 4.74 Å². The zero-order valence-electron chi connectivity index (χ0n) is 31.1. The van der Waals surface area contributed by atoms with Crippen molar-refractivity contribution in [3.8, 4) is 72.8 Å². The molecule has 9 aromatic carbocycles. The number of benzene rings is 9. The van der Waals surface area contributed by atoms with Gasteiger partial charge in [-0.1, -0.05) is 170 Å². The Labute approximate surface area is 332 Å². The van der Waals surface area contributed by atoms with Crippen LogP contribution in [0.15, 0.2) is 206 Å². The highest BCUT2D eigenvalue weighted by molar-refractivity contribution is 6.99. The summed E-state index contributed by atoms with van der Waals surface area (Å²) in [4.78, 5) is 0. The van der Waals surface area contributed by atoms with E-state index in [2.05, 4.69) is 211 Å². The zero-order chi connectivity index (χ0) is 37.5. The minimum Gasteiger partial charge on any atom is -0.458 e. The fraction of sp³-hybridized carbons (Fsp3) is 0. The van der Waals surface area contributed by atoms with Crippen LogP contribution in [-0.2, 0) is 0 Å². The molecule has 3 heterocycles. The molecule has 2 aliphatic heterocycles. The quantitative estimate of drug-likeness (QED) is 0.161. The second-order valence-electron chi connectivity index (χ2n) is 15.2. The number of rotatable bonds is 5. The first-order valence-corrected chi connectivity index (χ1v) is 19.7. The summed E-state index contributed by atoms with van der Waals surface area (Å²) in [5, 5.41) is 2.49. The van der Waals surface area contributed by atoms with Gasteiger partial charge in [-0.2, -0.15) is 0 Å². The van der Waals surface area contributed by atoms with Gasteiger partial charge in [-0.25, -0.2) is 0 Å². The van der Waals surface area contributed by atoms with E-state index >= 15 is 0 Å². The van der Waals surface area contributed by atoms with Crippen molar-refractivity contribution in [2.75, 3.05) is 0 Å². The van der Waals surface area contributed by atoms with E-state index < -0.39 is 0 Å². The molecular weight excluding hydrogens is 689 g/mol. The van der Waals surface area contributed by atoms with Gasteiger partial charge < -0.3 is 9.30 Å². The Morgan fingerprint density at radius 3 is 1.58 bits per heavy atom. The van der Waals surface area contributed by atoms with Crippen molar-refractivity contribution in [1.82, 2.24) is 4.57 Å². The Hall–Kier alpha value is -7.36. The molecule has 2 aliphatic rings.